The second-order valence-corrected chi connectivity index (χ2v) is 7.52. The van der Waals surface area contributed by atoms with Crippen LogP contribution in [0.25, 0.3) is 10.6 Å². The van der Waals surface area contributed by atoms with Crippen molar-refractivity contribution in [2.24, 2.45) is 0 Å². The summed E-state index contributed by atoms with van der Waals surface area (Å²) < 4.78 is 2.21. The van der Waals surface area contributed by atoms with Gasteiger partial charge in [0.15, 0.2) is 5.16 Å². The van der Waals surface area contributed by atoms with E-state index < -0.39 is 0 Å². The Bertz CT molecular complexity index is 813. The van der Waals surface area contributed by atoms with E-state index in [2.05, 4.69) is 34.0 Å². The fourth-order valence-corrected chi connectivity index (χ4v) is 4.53. The fraction of sp³-hybridized carbons (Fsp3) is 0.353. The van der Waals surface area contributed by atoms with Crippen LogP contribution in [0, 0.1) is 0 Å². The Morgan fingerprint density at radius 3 is 2.79 bits per heavy atom. The number of thioether (sulfide) groups is 1. The van der Waals surface area contributed by atoms with Crippen LogP contribution in [-0.2, 0) is 18.7 Å². The van der Waals surface area contributed by atoms with Gasteiger partial charge >= 0.3 is 0 Å². The minimum Gasteiger partial charge on any atom is -0.306 e. The molecule has 0 atom stereocenters. The third kappa shape index (κ3) is 3.82. The second kappa shape index (κ2) is 8.14. The van der Waals surface area contributed by atoms with Gasteiger partial charge in [-0.05, 0) is 12.5 Å². The van der Waals surface area contributed by atoms with Crippen LogP contribution in [0.4, 0.5) is 0 Å². The molecular weight excluding hydrogens is 360 g/mol. The first-order valence-electron chi connectivity index (χ1n) is 7.97. The summed E-state index contributed by atoms with van der Waals surface area (Å²) in [4.78, 5) is 4.71. The van der Waals surface area contributed by atoms with Gasteiger partial charge in [0.1, 0.15) is 10.8 Å². The number of thiazole rings is 1. The molecule has 0 N–H and O–H groups in total. The third-order valence-corrected chi connectivity index (χ3v) is 5.82. The van der Waals surface area contributed by atoms with Crippen LogP contribution in [0.2, 0.25) is 5.02 Å². The molecule has 0 spiro atoms. The van der Waals surface area contributed by atoms with E-state index in [0.717, 1.165) is 57.4 Å². The average molecular weight is 379 g/mol. The van der Waals surface area contributed by atoms with E-state index in [0.29, 0.717) is 0 Å². The smallest absolute Gasteiger partial charge is 0.191 e. The number of rotatable bonds is 7. The minimum absolute atomic E-state index is 0.737. The van der Waals surface area contributed by atoms with Crippen LogP contribution in [0.1, 0.15) is 31.8 Å². The van der Waals surface area contributed by atoms with E-state index in [1.165, 1.54) is 0 Å². The van der Waals surface area contributed by atoms with E-state index >= 15 is 0 Å². The molecule has 2 aromatic heterocycles. The molecule has 0 bridgehead atoms. The summed E-state index contributed by atoms with van der Waals surface area (Å²) in [7, 11) is 0. The lowest BCUT2D eigenvalue weighted by atomic mass is 10.2. The van der Waals surface area contributed by atoms with Crippen molar-refractivity contribution in [2.45, 2.75) is 44.1 Å². The van der Waals surface area contributed by atoms with Crippen molar-refractivity contribution in [3.8, 4) is 10.6 Å². The molecule has 0 amide bonds. The monoisotopic (exact) mass is 378 g/mol. The molecule has 0 saturated heterocycles. The van der Waals surface area contributed by atoms with Crippen LogP contribution in [-0.4, -0.2) is 19.7 Å². The molecule has 24 heavy (non-hydrogen) atoms. The van der Waals surface area contributed by atoms with Gasteiger partial charge in [0.25, 0.3) is 0 Å². The quantitative estimate of drug-likeness (QED) is 0.522. The molecule has 126 valence electrons. The van der Waals surface area contributed by atoms with Crippen LogP contribution in [0.5, 0.6) is 0 Å². The van der Waals surface area contributed by atoms with Crippen LogP contribution in [0.15, 0.2) is 34.8 Å². The molecule has 0 radical (unpaired) electrons. The van der Waals surface area contributed by atoms with Gasteiger partial charge in [-0.15, -0.1) is 21.5 Å². The van der Waals surface area contributed by atoms with Crippen molar-refractivity contribution in [3.05, 3.63) is 46.2 Å². The molecule has 0 aliphatic carbocycles. The van der Waals surface area contributed by atoms with Gasteiger partial charge in [0.05, 0.1) is 10.7 Å². The normalized spacial score (nSPS) is 11.1. The number of nitrogens with zero attached hydrogens (tertiary/aromatic N) is 4. The summed E-state index contributed by atoms with van der Waals surface area (Å²) in [5.41, 5.74) is 2.03. The first kappa shape index (κ1) is 17.5. The van der Waals surface area contributed by atoms with E-state index in [4.69, 9.17) is 16.6 Å². The molecule has 0 aliphatic rings. The molecule has 0 fully saturated rings. The van der Waals surface area contributed by atoms with Gasteiger partial charge in [-0.25, -0.2) is 4.98 Å². The van der Waals surface area contributed by atoms with E-state index in [1.54, 1.807) is 23.1 Å². The largest absolute Gasteiger partial charge is 0.306 e. The zero-order chi connectivity index (χ0) is 16.9. The SMILES string of the molecule is CCCn1c(CC)nnc1SCc1csc(-c2ccccc2Cl)n1. The van der Waals surface area contributed by atoms with Crippen LogP contribution >= 0.6 is 34.7 Å². The molecule has 7 heteroatoms. The van der Waals surface area contributed by atoms with Crippen molar-refractivity contribution in [2.75, 3.05) is 0 Å². The van der Waals surface area contributed by atoms with Crippen molar-refractivity contribution in [1.29, 1.82) is 0 Å². The number of hydrogen-bond donors (Lipinski definition) is 0. The van der Waals surface area contributed by atoms with Crippen LogP contribution in [0.3, 0.4) is 0 Å². The summed E-state index contributed by atoms with van der Waals surface area (Å²) in [5, 5.41) is 13.4. The van der Waals surface area contributed by atoms with Gasteiger partial charge in [0, 0.05) is 29.7 Å². The lowest BCUT2D eigenvalue weighted by Gasteiger charge is -2.06. The second-order valence-electron chi connectivity index (χ2n) is 5.32. The van der Waals surface area contributed by atoms with Gasteiger partial charge in [-0.3, -0.25) is 0 Å². The predicted octanol–water partition coefficient (Wildman–Crippen LogP) is 5.32. The number of halogens is 1. The third-order valence-electron chi connectivity index (χ3n) is 3.56. The Balaban J connectivity index is 1.72. The number of hydrogen-bond acceptors (Lipinski definition) is 5. The van der Waals surface area contributed by atoms with E-state index in [1.807, 2.05) is 24.3 Å². The Morgan fingerprint density at radius 1 is 1.21 bits per heavy atom. The summed E-state index contributed by atoms with van der Waals surface area (Å²) >= 11 is 9.57. The number of benzene rings is 1. The van der Waals surface area contributed by atoms with E-state index in [-0.39, 0.29) is 0 Å². The molecule has 0 aliphatic heterocycles. The Morgan fingerprint density at radius 2 is 2.04 bits per heavy atom. The highest BCUT2D eigenvalue weighted by Gasteiger charge is 2.13. The summed E-state index contributed by atoms with van der Waals surface area (Å²) in [6.07, 6.45) is 1.98. The molecule has 1 aromatic carbocycles. The zero-order valence-electron chi connectivity index (χ0n) is 13.7. The predicted molar refractivity (Wildman–Crippen MR) is 102 cm³/mol. The number of aryl methyl sites for hydroxylation is 1. The van der Waals surface area contributed by atoms with Gasteiger partial charge in [-0.1, -0.05) is 55.4 Å². The highest BCUT2D eigenvalue weighted by molar-refractivity contribution is 7.98. The highest BCUT2D eigenvalue weighted by Crippen LogP contribution is 2.31. The summed E-state index contributed by atoms with van der Waals surface area (Å²) in [5.74, 6) is 1.83. The first-order valence-corrected chi connectivity index (χ1v) is 10.2. The number of aromatic nitrogens is 4. The van der Waals surface area contributed by atoms with Crippen molar-refractivity contribution < 1.29 is 0 Å². The lowest BCUT2D eigenvalue weighted by Crippen LogP contribution is -2.04. The maximum atomic E-state index is 6.26. The lowest BCUT2D eigenvalue weighted by molar-refractivity contribution is 0.595. The van der Waals surface area contributed by atoms with E-state index in [9.17, 15) is 0 Å². The highest BCUT2D eigenvalue weighted by atomic mass is 35.5. The van der Waals surface area contributed by atoms with Crippen molar-refractivity contribution in [3.63, 3.8) is 0 Å². The van der Waals surface area contributed by atoms with Gasteiger partial charge < -0.3 is 4.57 Å². The van der Waals surface area contributed by atoms with Crippen molar-refractivity contribution in [1.82, 2.24) is 19.7 Å². The maximum Gasteiger partial charge on any atom is 0.191 e. The average Bonchev–Trinajstić information content (AvgIpc) is 3.21. The molecule has 3 rings (SSSR count). The molecule has 3 aromatic rings. The molecule has 0 saturated carbocycles. The Labute approximate surface area is 155 Å². The molecule has 4 nitrogen and oxygen atoms in total. The van der Waals surface area contributed by atoms with Gasteiger partial charge in [-0.2, -0.15) is 0 Å². The van der Waals surface area contributed by atoms with Crippen molar-refractivity contribution >= 4 is 34.7 Å². The standard InChI is InChI=1S/C17H19ClN4S2/c1-3-9-22-15(4-2)20-21-17(22)24-11-12-10-23-16(19-12)13-7-5-6-8-14(13)18/h5-8,10H,3-4,9,11H2,1-2H3. The fourth-order valence-electron chi connectivity index (χ4n) is 2.41. The summed E-state index contributed by atoms with van der Waals surface area (Å²) in [6, 6.07) is 7.81. The maximum absolute atomic E-state index is 6.26. The van der Waals surface area contributed by atoms with Gasteiger partial charge in [0.2, 0.25) is 0 Å². The zero-order valence-corrected chi connectivity index (χ0v) is 16.1. The molecule has 2 heterocycles. The molecule has 0 unspecified atom stereocenters. The topological polar surface area (TPSA) is 43.6 Å². The van der Waals surface area contributed by atoms with Crippen LogP contribution < -0.4 is 0 Å². The summed E-state index contributed by atoms with van der Waals surface area (Å²) in [6.45, 7) is 5.24. The first-order chi connectivity index (χ1) is 11.7. The Hall–Kier alpha value is -1.37. The minimum atomic E-state index is 0.737. The Kier molecular flexibility index (Phi) is 5.92. The molecular formula is C17H19ClN4S2.